The quantitative estimate of drug-likeness (QED) is 0.490. The van der Waals surface area contributed by atoms with E-state index in [4.69, 9.17) is 23.2 Å². The molecule has 0 aliphatic carbocycles. The van der Waals surface area contributed by atoms with Gasteiger partial charge in [-0.15, -0.1) is 0 Å². The number of rotatable bonds is 10. The van der Waals surface area contributed by atoms with E-state index in [9.17, 15) is 9.59 Å². The summed E-state index contributed by atoms with van der Waals surface area (Å²) in [4.78, 5) is 33.7. The molecule has 2 aromatic rings. The lowest BCUT2D eigenvalue weighted by Gasteiger charge is -2.36. The number of benzene rings is 2. The first-order chi connectivity index (χ1) is 16.4. The molecule has 184 valence electrons. The number of carbonyl (C=O) groups is 2. The number of hydrogen-bond acceptors (Lipinski definition) is 4. The Morgan fingerprint density at radius 3 is 1.38 bits per heavy atom. The zero-order chi connectivity index (χ0) is 24.5. The molecule has 0 unspecified atom stereocenters. The molecule has 1 heterocycles. The molecule has 0 atom stereocenters. The lowest BCUT2D eigenvalue weighted by atomic mass is 10.2. The highest BCUT2D eigenvalue weighted by Crippen LogP contribution is 2.18. The van der Waals surface area contributed by atoms with E-state index in [1.165, 1.54) is 0 Å². The second-order valence-corrected chi connectivity index (χ2v) is 9.37. The van der Waals surface area contributed by atoms with Gasteiger partial charge in [0.05, 0.1) is 13.1 Å². The summed E-state index contributed by atoms with van der Waals surface area (Å²) in [5.41, 5.74) is 2.04. The maximum absolute atomic E-state index is 12.9. The molecule has 1 aliphatic rings. The Morgan fingerprint density at radius 2 is 1.06 bits per heavy atom. The summed E-state index contributed by atoms with van der Waals surface area (Å²) in [6.45, 7) is 9.81. The summed E-state index contributed by atoms with van der Waals surface area (Å²) in [5, 5.41) is 1.44. The van der Waals surface area contributed by atoms with E-state index >= 15 is 0 Å². The third-order valence-corrected chi connectivity index (χ3v) is 7.04. The van der Waals surface area contributed by atoms with Crippen molar-refractivity contribution in [2.24, 2.45) is 0 Å². The number of carbonyl (C=O) groups excluding carboxylic acids is 2. The molecule has 6 nitrogen and oxygen atoms in total. The zero-order valence-corrected chi connectivity index (χ0v) is 21.6. The summed E-state index contributed by atoms with van der Waals surface area (Å²) < 4.78 is 0. The SMILES string of the molecule is CCN(CC(=O)N1CCN(C(=O)CN(CC)Cc2ccccc2Cl)CC1)Cc1ccccc1Cl. The van der Waals surface area contributed by atoms with Crippen molar-refractivity contribution in [1.29, 1.82) is 0 Å². The highest BCUT2D eigenvalue weighted by Gasteiger charge is 2.26. The van der Waals surface area contributed by atoms with E-state index < -0.39 is 0 Å². The van der Waals surface area contributed by atoms with Crippen molar-refractivity contribution in [2.75, 3.05) is 52.4 Å². The molecule has 0 aromatic heterocycles. The average Bonchev–Trinajstić information content (AvgIpc) is 2.85. The third kappa shape index (κ3) is 7.44. The Balaban J connectivity index is 1.47. The molecule has 2 amide bonds. The number of amides is 2. The largest absolute Gasteiger partial charge is 0.338 e. The summed E-state index contributed by atoms with van der Waals surface area (Å²) in [6, 6.07) is 15.5. The fourth-order valence-corrected chi connectivity index (χ4v) is 4.47. The van der Waals surface area contributed by atoms with Crippen molar-refractivity contribution in [3.05, 3.63) is 69.7 Å². The topological polar surface area (TPSA) is 47.1 Å². The second-order valence-electron chi connectivity index (χ2n) is 8.55. The summed E-state index contributed by atoms with van der Waals surface area (Å²) in [5.74, 6) is 0.185. The Bertz CT molecular complexity index is 886. The third-order valence-electron chi connectivity index (χ3n) is 6.30. The van der Waals surface area contributed by atoms with Gasteiger partial charge in [0.15, 0.2) is 0 Å². The first-order valence-corrected chi connectivity index (χ1v) is 12.6. The molecule has 1 aliphatic heterocycles. The van der Waals surface area contributed by atoms with Crippen LogP contribution in [0.15, 0.2) is 48.5 Å². The van der Waals surface area contributed by atoms with Gasteiger partial charge in [-0.25, -0.2) is 0 Å². The van der Waals surface area contributed by atoms with Gasteiger partial charge < -0.3 is 9.80 Å². The molecule has 0 spiro atoms. The molecule has 0 saturated carbocycles. The maximum Gasteiger partial charge on any atom is 0.236 e. The van der Waals surface area contributed by atoms with Gasteiger partial charge in [-0.1, -0.05) is 73.4 Å². The van der Waals surface area contributed by atoms with Crippen LogP contribution in [0.5, 0.6) is 0 Å². The highest BCUT2D eigenvalue weighted by molar-refractivity contribution is 6.31. The number of halogens is 2. The van der Waals surface area contributed by atoms with Crippen molar-refractivity contribution in [3.63, 3.8) is 0 Å². The number of hydrogen-bond donors (Lipinski definition) is 0. The van der Waals surface area contributed by atoms with Gasteiger partial charge in [-0.05, 0) is 36.3 Å². The summed E-state index contributed by atoms with van der Waals surface area (Å²) >= 11 is 12.6. The molecule has 8 heteroatoms. The van der Waals surface area contributed by atoms with Crippen LogP contribution in [-0.2, 0) is 22.7 Å². The number of piperazine rings is 1. The maximum atomic E-state index is 12.9. The van der Waals surface area contributed by atoms with Crippen LogP contribution in [0.2, 0.25) is 10.0 Å². The molecule has 0 N–H and O–H groups in total. The molecule has 34 heavy (non-hydrogen) atoms. The first kappa shape index (κ1) is 26.5. The van der Waals surface area contributed by atoms with Crippen molar-refractivity contribution in [2.45, 2.75) is 26.9 Å². The van der Waals surface area contributed by atoms with Crippen LogP contribution < -0.4 is 0 Å². The van der Waals surface area contributed by atoms with E-state index in [-0.39, 0.29) is 11.8 Å². The molecular weight excluding hydrogens is 471 g/mol. The minimum atomic E-state index is 0.0925. The van der Waals surface area contributed by atoms with Gasteiger partial charge in [-0.2, -0.15) is 0 Å². The van der Waals surface area contributed by atoms with E-state index in [0.717, 1.165) is 34.3 Å². The highest BCUT2D eigenvalue weighted by atomic mass is 35.5. The number of nitrogens with zero attached hydrogens (tertiary/aromatic N) is 4. The van der Waals surface area contributed by atoms with Crippen LogP contribution in [0.3, 0.4) is 0 Å². The van der Waals surface area contributed by atoms with Gasteiger partial charge in [0.1, 0.15) is 0 Å². The molecule has 0 bridgehead atoms. The first-order valence-electron chi connectivity index (χ1n) is 11.9. The summed E-state index contributed by atoms with van der Waals surface area (Å²) in [7, 11) is 0. The lowest BCUT2D eigenvalue weighted by Crippen LogP contribution is -2.54. The standard InChI is InChI=1S/C26H34Cl2N4O2/c1-3-29(17-21-9-5-7-11-23(21)27)19-25(33)31-13-15-32(16-14-31)26(34)20-30(4-2)18-22-10-6-8-12-24(22)28/h5-12H,3-4,13-20H2,1-2H3. The van der Waals surface area contributed by atoms with E-state index in [1.54, 1.807) is 0 Å². The van der Waals surface area contributed by atoms with E-state index in [0.29, 0.717) is 52.4 Å². The predicted molar refractivity (Wildman–Crippen MR) is 138 cm³/mol. The van der Waals surface area contributed by atoms with Crippen molar-refractivity contribution >= 4 is 35.0 Å². The van der Waals surface area contributed by atoms with Crippen LogP contribution in [0.25, 0.3) is 0 Å². The van der Waals surface area contributed by atoms with Gasteiger partial charge in [0, 0.05) is 49.3 Å². The smallest absolute Gasteiger partial charge is 0.236 e. The predicted octanol–water partition coefficient (Wildman–Crippen LogP) is 4.01. The Labute approximate surface area is 213 Å². The summed E-state index contributed by atoms with van der Waals surface area (Å²) in [6.07, 6.45) is 0. The molecule has 2 aromatic carbocycles. The van der Waals surface area contributed by atoms with E-state index in [2.05, 4.69) is 9.80 Å². The van der Waals surface area contributed by atoms with Crippen molar-refractivity contribution in [3.8, 4) is 0 Å². The fraction of sp³-hybridized carbons (Fsp3) is 0.462. The lowest BCUT2D eigenvalue weighted by molar-refractivity contribution is -0.140. The van der Waals surface area contributed by atoms with Crippen LogP contribution in [0.4, 0.5) is 0 Å². The molecule has 3 rings (SSSR count). The van der Waals surface area contributed by atoms with Crippen molar-refractivity contribution in [1.82, 2.24) is 19.6 Å². The van der Waals surface area contributed by atoms with Crippen LogP contribution in [0.1, 0.15) is 25.0 Å². The van der Waals surface area contributed by atoms with Crippen LogP contribution in [0, 0.1) is 0 Å². The molecule has 0 radical (unpaired) electrons. The Hall–Kier alpha value is -2.12. The molecular formula is C26H34Cl2N4O2. The molecule has 1 fully saturated rings. The zero-order valence-electron chi connectivity index (χ0n) is 20.1. The van der Waals surface area contributed by atoms with Gasteiger partial charge in [-0.3, -0.25) is 19.4 Å². The minimum Gasteiger partial charge on any atom is -0.338 e. The number of likely N-dealkylation sites (N-methyl/N-ethyl adjacent to an activating group) is 2. The van der Waals surface area contributed by atoms with Gasteiger partial charge in [0.2, 0.25) is 11.8 Å². The van der Waals surface area contributed by atoms with Gasteiger partial charge in [0.25, 0.3) is 0 Å². The monoisotopic (exact) mass is 504 g/mol. The normalized spacial score (nSPS) is 14.2. The minimum absolute atomic E-state index is 0.0925. The van der Waals surface area contributed by atoms with Crippen LogP contribution in [-0.4, -0.2) is 83.8 Å². The Kier molecular flexibility index (Phi) is 10.2. The average molecular weight is 505 g/mol. The van der Waals surface area contributed by atoms with Crippen molar-refractivity contribution < 1.29 is 9.59 Å². The molecule has 1 saturated heterocycles. The van der Waals surface area contributed by atoms with Gasteiger partial charge >= 0.3 is 0 Å². The Morgan fingerprint density at radius 1 is 0.706 bits per heavy atom. The van der Waals surface area contributed by atoms with Crippen LogP contribution >= 0.6 is 23.2 Å². The van der Waals surface area contributed by atoms with E-state index in [1.807, 2.05) is 72.2 Å². The fourth-order valence-electron chi connectivity index (χ4n) is 4.08. The second kappa shape index (κ2) is 13.1.